The lowest BCUT2D eigenvalue weighted by molar-refractivity contribution is -0.121. The number of ketones is 1. The van der Waals surface area contributed by atoms with Crippen molar-refractivity contribution in [3.8, 4) is 0 Å². The van der Waals surface area contributed by atoms with E-state index in [4.69, 9.17) is 9.73 Å². The SMILES string of the molecule is CCOC1=NC(c2ccccc2)(c2ccccc2)[C@H](C(C)=O)C1. The molecule has 1 atom stereocenters. The zero-order valence-corrected chi connectivity index (χ0v) is 13.5. The number of ether oxygens (including phenoxy) is 1. The standard InChI is InChI=1S/C20H21NO2/c1-3-23-19-14-18(15(2)22)20(21-19,16-10-6-4-7-11-16)17-12-8-5-9-13-17/h4-13,18H,3,14H2,1-2H3/t18-/m0/s1. The van der Waals surface area contributed by atoms with Gasteiger partial charge in [0.15, 0.2) is 5.90 Å². The number of carbonyl (C=O) groups is 1. The van der Waals surface area contributed by atoms with Crippen LogP contribution in [0.3, 0.4) is 0 Å². The van der Waals surface area contributed by atoms with Gasteiger partial charge in [0, 0.05) is 6.42 Å². The monoisotopic (exact) mass is 307 g/mol. The molecular formula is C20H21NO2. The van der Waals surface area contributed by atoms with Crippen LogP contribution in [-0.2, 0) is 15.1 Å². The smallest absolute Gasteiger partial charge is 0.185 e. The van der Waals surface area contributed by atoms with Crippen LogP contribution in [0.4, 0.5) is 0 Å². The predicted octanol–water partition coefficient (Wildman–Crippen LogP) is 3.97. The summed E-state index contributed by atoms with van der Waals surface area (Å²) in [6.07, 6.45) is 0.549. The van der Waals surface area contributed by atoms with E-state index in [1.165, 1.54) is 0 Å². The van der Waals surface area contributed by atoms with Crippen molar-refractivity contribution in [3.05, 3.63) is 71.8 Å². The van der Waals surface area contributed by atoms with Crippen molar-refractivity contribution in [3.63, 3.8) is 0 Å². The Balaban J connectivity index is 2.24. The van der Waals surface area contributed by atoms with Gasteiger partial charge in [-0.25, -0.2) is 4.99 Å². The zero-order valence-electron chi connectivity index (χ0n) is 13.5. The zero-order chi connectivity index (χ0) is 16.3. The minimum Gasteiger partial charge on any atom is -0.481 e. The number of benzene rings is 2. The maximum Gasteiger partial charge on any atom is 0.185 e. The lowest BCUT2D eigenvalue weighted by Crippen LogP contribution is -2.35. The van der Waals surface area contributed by atoms with E-state index in [0.717, 1.165) is 11.1 Å². The van der Waals surface area contributed by atoms with E-state index in [-0.39, 0.29) is 11.7 Å². The first-order valence-electron chi connectivity index (χ1n) is 8.01. The van der Waals surface area contributed by atoms with Crippen LogP contribution >= 0.6 is 0 Å². The number of nitrogens with zero attached hydrogens (tertiary/aromatic N) is 1. The summed E-state index contributed by atoms with van der Waals surface area (Å²) in [5.41, 5.74) is 1.36. The lowest BCUT2D eigenvalue weighted by atomic mass is 9.72. The highest BCUT2D eigenvalue weighted by Crippen LogP contribution is 2.47. The highest BCUT2D eigenvalue weighted by Gasteiger charge is 2.49. The van der Waals surface area contributed by atoms with Gasteiger partial charge in [0.1, 0.15) is 11.3 Å². The number of Topliss-reactive ketones (excluding diaryl/α,β-unsaturated/α-hetero) is 1. The van der Waals surface area contributed by atoms with Crippen LogP contribution in [0.5, 0.6) is 0 Å². The molecule has 0 aromatic heterocycles. The molecule has 0 saturated heterocycles. The Morgan fingerprint density at radius 2 is 1.61 bits per heavy atom. The number of aliphatic imine (C=N–C) groups is 1. The van der Waals surface area contributed by atoms with Gasteiger partial charge in [-0.3, -0.25) is 4.79 Å². The summed E-state index contributed by atoms with van der Waals surface area (Å²) in [5, 5.41) is 0. The Labute approximate surface area is 137 Å². The molecule has 3 nitrogen and oxygen atoms in total. The Morgan fingerprint density at radius 3 is 2.04 bits per heavy atom. The Kier molecular flexibility index (Phi) is 4.28. The van der Waals surface area contributed by atoms with Gasteiger partial charge in [-0.15, -0.1) is 0 Å². The highest BCUT2D eigenvalue weighted by molar-refractivity contribution is 5.91. The minimum absolute atomic E-state index is 0.135. The first kappa shape index (κ1) is 15.5. The third-order valence-corrected chi connectivity index (χ3v) is 4.41. The predicted molar refractivity (Wildman–Crippen MR) is 91.5 cm³/mol. The van der Waals surface area contributed by atoms with Crippen molar-refractivity contribution in [1.82, 2.24) is 0 Å². The van der Waals surface area contributed by atoms with Gasteiger partial charge in [-0.2, -0.15) is 0 Å². The fourth-order valence-electron chi connectivity index (χ4n) is 3.42. The van der Waals surface area contributed by atoms with E-state index in [1.807, 2.05) is 67.6 Å². The van der Waals surface area contributed by atoms with Crippen molar-refractivity contribution in [2.75, 3.05) is 6.61 Å². The van der Waals surface area contributed by atoms with E-state index in [2.05, 4.69) is 0 Å². The van der Waals surface area contributed by atoms with Gasteiger partial charge < -0.3 is 4.74 Å². The molecule has 0 amide bonds. The molecule has 2 aromatic carbocycles. The van der Waals surface area contributed by atoms with Crippen molar-refractivity contribution in [1.29, 1.82) is 0 Å². The normalized spacial score (nSPS) is 19.2. The first-order valence-corrected chi connectivity index (χ1v) is 8.01. The molecule has 0 saturated carbocycles. The molecule has 0 spiro atoms. The molecule has 1 heterocycles. The molecule has 3 rings (SSSR count). The molecule has 0 aliphatic carbocycles. The van der Waals surface area contributed by atoms with Crippen LogP contribution in [0.1, 0.15) is 31.4 Å². The summed E-state index contributed by atoms with van der Waals surface area (Å²) < 4.78 is 5.68. The fraction of sp³-hybridized carbons (Fsp3) is 0.300. The molecule has 3 heteroatoms. The van der Waals surface area contributed by atoms with Gasteiger partial charge in [-0.05, 0) is 25.0 Å². The largest absolute Gasteiger partial charge is 0.481 e. The average Bonchev–Trinajstić information content (AvgIpc) is 2.98. The van der Waals surface area contributed by atoms with Crippen molar-refractivity contribution in [2.24, 2.45) is 10.9 Å². The van der Waals surface area contributed by atoms with E-state index in [0.29, 0.717) is 18.9 Å². The van der Waals surface area contributed by atoms with Gasteiger partial charge >= 0.3 is 0 Å². The van der Waals surface area contributed by atoms with Crippen LogP contribution in [-0.4, -0.2) is 18.3 Å². The number of hydrogen-bond donors (Lipinski definition) is 0. The quantitative estimate of drug-likeness (QED) is 0.857. The van der Waals surface area contributed by atoms with Crippen LogP contribution in [0, 0.1) is 5.92 Å². The van der Waals surface area contributed by atoms with Crippen molar-refractivity contribution in [2.45, 2.75) is 25.8 Å². The summed E-state index contributed by atoms with van der Waals surface area (Å²) in [6, 6.07) is 20.1. The van der Waals surface area contributed by atoms with Gasteiger partial charge in [0.2, 0.25) is 0 Å². The second-order valence-electron chi connectivity index (χ2n) is 5.80. The van der Waals surface area contributed by atoms with Crippen LogP contribution in [0.2, 0.25) is 0 Å². The molecule has 0 radical (unpaired) electrons. The van der Waals surface area contributed by atoms with E-state index >= 15 is 0 Å². The van der Waals surface area contributed by atoms with Gasteiger partial charge in [0.05, 0.1) is 12.5 Å². The molecule has 0 unspecified atom stereocenters. The number of rotatable bonds is 4. The molecule has 1 aliphatic heterocycles. The maximum absolute atomic E-state index is 12.4. The molecule has 2 aromatic rings. The van der Waals surface area contributed by atoms with E-state index in [9.17, 15) is 4.79 Å². The molecule has 118 valence electrons. The van der Waals surface area contributed by atoms with Gasteiger partial charge in [-0.1, -0.05) is 60.7 Å². The van der Waals surface area contributed by atoms with Crippen molar-refractivity contribution < 1.29 is 9.53 Å². The fourth-order valence-corrected chi connectivity index (χ4v) is 3.42. The van der Waals surface area contributed by atoms with Crippen LogP contribution in [0.15, 0.2) is 65.7 Å². The molecule has 0 N–H and O–H groups in total. The average molecular weight is 307 g/mol. The van der Waals surface area contributed by atoms with Crippen LogP contribution < -0.4 is 0 Å². The van der Waals surface area contributed by atoms with Crippen molar-refractivity contribution >= 4 is 11.7 Å². The van der Waals surface area contributed by atoms with E-state index in [1.54, 1.807) is 6.92 Å². The summed E-state index contributed by atoms with van der Waals surface area (Å²) in [5.74, 6) is 0.561. The highest BCUT2D eigenvalue weighted by atomic mass is 16.5. The summed E-state index contributed by atoms with van der Waals surface area (Å²) >= 11 is 0. The molecule has 23 heavy (non-hydrogen) atoms. The second kappa shape index (κ2) is 6.37. The summed E-state index contributed by atoms with van der Waals surface area (Å²) in [6.45, 7) is 4.15. The molecular weight excluding hydrogens is 286 g/mol. The topological polar surface area (TPSA) is 38.7 Å². The molecule has 0 fully saturated rings. The Hall–Kier alpha value is -2.42. The van der Waals surface area contributed by atoms with E-state index < -0.39 is 5.54 Å². The second-order valence-corrected chi connectivity index (χ2v) is 5.80. The third kappa shape index (κ3) is 2.67. The molecule has 0 bridgehead atoms. The first-order chi connectivity index (χ1) is 11.2. The Morgan fingerprint density at radius 1 is 1.09 bits per heavy atom. The van der Waals surface area contributed by atoms with Crippen LogP contribution in [0.25, 0.3) is 0 Å². The maximum atomic E-state index is 12.4. The van der Waals surface area contributed by atoms with Gasteiger partial charge in [0.25, 0.3) is 0 Å². The number of carbonyl (C=O) groups excluding carboxylic acids is 1. The Bertz CT molecular complexity index is 667. The third-order valence-electron chi connectivity index (χ3n) is 4.41. The summed E-state index contributed by atoms with van der Waals surface area (Å²) in [7, 11) is 0. The molecule has 1 aliphatic rings. The lowest BCUT2D eigenvalue weighted by Gasteiger charge is -2.32. The number of hydrogen-bond acceptors (Lipinski definition) is 3. The summed E-state index contributed by atoms with van der Waals surface area (Å²) in [4.78, 5) is 17.4. The minimum atomic E-state index is -0.696.